The number of likely N-dealkylation sites (N-methyl/N-ethyl adjacent to an activating group) is 1. The average Bonchev–Trinajstić information content (AvgIpc) is 3.30. The lowest BCUT2D eigenvalue weighted by Gasteiger charge is -2.46. The van der Waals surface area contributed by atoms with E-state index in [2.05, 4.69) is 27.2 Å². The Labute approximate surface area is 161 Å². The van der Waals surface area contributed by atoms with Crippen LogP contribution in [0.1, 0.15) is 23.2 Å². The number of thiazole rings is 1. The molecule has 2 aliphatic rings. The molecule has 0 saturated carbocycles. The van der Waals surface area contributed by atoms with Gasteiger partial charge in [-0.15, -0.1) is 11.3 Å². The number of hydrogen-bond acceptors (Lipinski definition) is 6. The maximum Gasteiger partial charge on any atom is 0.253 e. The number of nitrogens with one attached hydrogen (secondary N) is 1. The van der Waals surface area contributed by atoms with E-state index in [0.29, 0.717) is 17.6 Å². The molecule has 3 aromatic rings. The zero-order valence-corrected chi connectivity index (χ0v) is 15.9. The van der Waals surface area contributed by atoms with Crippen LogP contribution in [0.5, 0.6) is 0 Å². The number of carbonyl (C=O) groups is 1. The van der Waals surface area contributed by atoms with E-state index in [-0.39, 0.29) is 11.9 Å². The largest absolute Gasteiger partial charge is 0.378 e. The number of pyridine rings is 1. The molecule has 3 aromatic heterocycles. The molecule has 2 bridgehead atoms. The smallest absolute Gasteiger partial charge is 0.253 e. The van der Waals surface area contributed by atoms with Crippen molar-refractivity contribution in [3.63, 3.8) is 0 Å². The standard InChI is InChI=1S/C19H21N5O2S/c1-23-13-5-12(6-14(23)9-26-8-13)22-19(25)16-7-24(17-10-27-11-21-17)18-15(16)3-2-4-20-18/h2-4,7,10-14H,5-6,8-9H2,1H3,(H,22,25)/t12-,13-,14+. The number of fused-ring (bicyclic) bond motifs is 3. The fraction of sp³-hybridized carbons (Fsp3) is 0.421. The van der Waals surface area contributed by atoms with E-state index >= 15 is 0 Å². The molecule has 7 nitrogen and oxygen atoms in total. The lowest BCUT2D eigenvalue weighted by molar-refractivity contribution is -0.0670. The van der Waals surface area contributed by atoms with E-state index in [1.165, 1.54) is 11.3 Å². The molecule has 5 heterocycles. The van der Waals surface area contributed by atoms with E-state index < -0.39 is 0 Å². The van der Waals surface area contributed by atoms with Crippen molar-refractivity contribution < 1.29 is 9.53 Å². The third kappa shape index (κ3) is 2.93. The third-order valence-electron chi connectivity index (χ3n) is 5.69. The first-order chi connectivity index (χ1) is 13.2. The topological polar surface area (TPSA) is 72.3 Å². The summed E-state index contributed by atoms with van der Waals surface area (Å²) in [5.74, 6) is 0.740. The van der Waals surface area contributed by atoms with Crippen LogP contribution in [0.25, 0.3) is 16.9 Å². The fourth-order valence-corrected chi connectivity index (χ4v) is 4.74. The van der Waals surface area contributed by atoms with Crippen molar-refractivity contribution in [2.24, 2.45) is 0 Å². The number of rotatable bonds is 3. The summed E-state index contributed by atoms with van der Waals surface area (Å²) in [6, 6.07) is 4.72. The molecule has 5 rings (SSSR count). The predicted molar refractivity (Wildman–Crippen MR) is 103 cm³/mol. The van der Waals surface area contributed by atoms with E-state index in [1.807, 2.05) is 28.3 Å². The van der Waals surface area contributed by atoms with Crippen LogP contribution < -0.4 is 5.32 Å². The van der Waals surface area contributed by atoms with Crippen molar-refractivity contribution in [3.05, 3.63) is 41.0 Å². The maximum atomic E-state index is 13.1. The molecule has 2 aliphatic heterocycles. The highest BCUT2D eigenvalue weighted by Crippen LogP contribution is 2.27. The summed E-state index contributed by atoms with van der Waals surface area (Å²) in [6.07, 6.45) is 5.43. The molecule has 0 spiro atoms. The number of hydrogen-bond donors (Lipinski definition) is 1. The summed E-state index contributed by atoms with van der Waals surface area (Å²) >= 11 is 1.52. The highest BCUT2D eigenvalue weighted by Gasteiger charge is 2.37. The van der Waals surface area contributed by atoms with E-state index in [4.69, 9.17) is 4.74 Å². The van der Waals surface area contributed by atoms with Gasteiger partial charge in [0.15, 0.2) is 0 Å². The molecule has 8 heteroatoms. The summed E-state index contributed by atoms with van der Waals surface area (Å²) in [5.41, 5.74) is 3.18. The lowest BCUT2D eigenvalue weighted by atomic mass is 9.90. The second kappa shape index (κ2) is 6.70. The Morgan fingerprint density at radius 1 is 1.30 bits per heavy atom. The second-order valence-electron chi connectivity index (χ2n) is 7.29. The highest BCUT2D eigenvalue weighted by atomic mass is 32.1. The molecule has 1 N–H and O–H groups in total. The predicted octanol–water partition coefficient (Wildman–Crippen LogP) is 2.07. The van der Waals surface area contributed by atoms with Gasteiger partial charge in [-0.25, -0.2) is 9.97 Å². The molecular weight excluding hydrogens is 362 g/mol. The van der Waals surface area contributed by atoms with E-state index in [0.717, 1.165) is 42.9 Å². The molecular formula is C19H21N5O2S. The second-order valence-corrected chi connectivity index (χ2v) is 8.01. The molecule has 2 fully saturated rings. The fourth-order valence-electron chi connectivity index (χ4n) is 4.22. The van der Waals surface area contributed by atoms with Gasteiger partial charge in [-0.05, 0) is 32.0 Å². The van der Waals surface area contributed by atoms with Gasteiger partial charge >= 0.3 is 0 Å². The molecule has 140 valence electrons. The summed E-state index contributed by atoms with van der Waals surface area (Å²) in [4.78, 5) is 24.3. The number of morpholine rings is 1. The Morgan fingerprint density at radius 2 is 2.11 bits per heavy atom. The molecule has 27 heavy (non-hydrogen) atoms. The van der Waals surface area contributed by atoms with Crippen LogP contribution >= 0.6 is 11.3 Å². The molecule has 2 saturated heterocycles. The van der Waals surface area contributed by atoms with Gasteiger partial charge < -0.3 is 10.1 Å². The van der Waals surface area contributed by atoms with Gasteiger partial charge in [0.2, 0.25) is 0 Å². The van der Waals surface area contributed by atoms with Gasteiger partial charge in [0, 0.05) is 41.3 Å². The number of amides is 1. The van der Waals surface area contributed by atoms with Crippen LogP contribution in [0.3, 0.4) is 0 Å². The summed E-state index contributed by atoms with van der Waals surface area (Å²) < 4.78 is 7.56. The number of aromatic nitrogens is 3. The minimum Gasteiger partial charge on any atom is -0.378 e. The van der Waals surface area contributed by atoms with Gasteiger partial charge in [0.1, 0.15) is 11.5 Å². The maximum absolute atomic E-state index is 13.1. The summed E-state index contributed by atoms with van der Waals surface area (Å²) in [5, 5.41) is 6.05. The first-order valence-electron chi connectivity index (χ1n) is 9.16. The quantitative estimate of drug-likeness (QED) is 0.750. The lowest BCUT2D eigenvalue weighted by Crippen LogP contribution is -2.59. The number of nitrogens with zero attached hydrogens (tertiary/aromatic N) is 4. The van der Waals surface area contributed by atoms with Gasteiger partial charge in [-0.1, -0.05) is 0 Å². The Hall–Kier alpha value is -2.29. The number of piperidine rings is 1. The minimum atomic E-state index is -0.0458. The van der Waals surface area contributed by atoms with Gasteiger partial charge in [0.25, 0.3) is 5.91 Å². The Balaban J connectivity index is 1.43. The zero-order valence-electron chi connectivity index (χ0n) is 15.0. The summed E-state index contributed by atoms with van der Waals surface area (Å²) in [6.45, 7) is 1.48. The molecule has 3 atom stereocenters. The number of carbonyl (C=O) groups excluding carboxylic acids is 1. The average molecular weight is 383 g/mol. The minimum absolute atomic E-state index is 0.0458. The molecule has 0 aromatic carbocycles. The van der Waals surface area contributed by atoms with E-state index in [1.54, 1.807) is 11.7 Å². The van der Waals surface area contributed by atoms with Crippen molar-refractivity contribution in [1.29, 1.82) is 0 Å². The van der Waals surface area contributed by atoms with Crippen molar-refractivity contribution >= 4 is 28.3 Å². The van der Waals surface area contributed by atoms with Gasteiger partial charge in [-0.3, -0.25) is 14.3 Å². The highest BCUT2D eigenvalue weighted by molar-refractivity contribution is 7.07. The third-order valence-corrected chi connectivity index (χ3v) is 6.27. The summed E-state index contributed by atoms with van der Waals surface area (Å²) in [7, 11) is 2.16. The van der Waals surface area contributed by atoms with Crippen LogP contribution in [-0.2, 0) is 4.74 Å². The van der Waals surface area contributed by atoms with Crippen LogP contribution in [0.2, 0.25) is 0 Å². The Bertz CT molecular complexity index is 956. The van der Waals surface area contributed by atoms with Crippen molar-refractivity contribution in [2.45, 2.75) is 31.0 Å². The van der Waals surface area contributed by atoms with Crippen LogP contribution in [-0.4, -0.2) is 63.7 Å². The van der Waals surface area contributed by atoms with Crippen LogP contribution in [0, 0.1) is 0 Å². The normalized spacial score (nSPS) is 25.6. The zero-order chi connectivity index (χ0) is 18.4. The first-order valence-corrected chi connectivity index (χ1v) is 10.1. The molecule has 0 unspecified atom stereocenters. The van der Waals surface area contributed by atoms with Crippen molar-refractivity contribution in [3.8, 4) is 5.82 Å². The Kier molecular flexibility index (Phi) is 4.18. The van der Waals surface area contributed by atoms with Crippen molar-refractivity contribution in [2.75, 3.05) is 20.3 Å². The SMILES string of the molecule is CN1[C@@H]2COC[C@H]1C[C@@H](NC(=O)c1cn(-c3cscn3)c3ncccc13)C2. The van der Waals surface area contributed by atoms with Gasteiger partial charge in [0.05, 0.1) is 24.3 Å². The number of ether oxygens (including phenoxy) is 1. The molecule has 0 radical (unpaired) electrons. The van der Waals surface area contributed by atoms with E-state index in [9.17, 15) is 4.79 Å². The monoisotopic (exact) mass is 383 g/mol. The van der Waals surface area contributed by atoms with Gasteiger partial charge in [-0.2, -0.15) is 0 Å². The van der Waals surface area contributed by atoms with Crippen molar-refractivity contribution in [1.82, 2.24) is 24.8 Å². The molecule has 1 amide bonds. The first kappa shape index (κ1) is 16.9. The van der Waals surface area contributed by atoms with Crippen LogP contribution in [0.4, 0.5) is 0 Å². The molecule has 0 aliphatic carbocycles. The Morgan fingerprint density at radius 3 is 2.85 bits per heavy atom. The van der Waals surface area contributed by atoms with Crippen LogP contribution in [0.15, 0.2) is 35.4 Å².